The van der Waals surface area contributed by atoms with E-state index in [2.05, 4.69) is 20.8 Å². The van der Waals surface area contributed by atoms with Crippen LogP contribution in [0.3, 0.4) is 0 Å². The molecule has 2 N–H and O–H groups in total. The smallest absolute Gasteiger partial charge is 0.238 e. The summed E-state index contributed by atoms with van der Waals surface area (Å²) in [7, 11) is 0. The molecule has 8 heteroatoms. The lowest BCUT2D eigenvalue weighted by atomic mass is 10.1. The van der Waals surface area contributed by atoms with Crippen molar-refractivity contribution in [2.24, 2.45) is 10.2 Å². The van der Waals surface area contributed by atoms with Gasteiger partial charge in [-0.2, -0.15) is 5.10 Å². The van der Waals surface area contributed by atoms with Crippen LogP contribution in [0.15, 0.2) is 64.8 Å². The van der Waals surface area contributed by atoms with Gasteiger partial charge in [0.1, 0.15) is 11.1 Å². The van der Waals surface area contributed by atoms with Crippen LogP contribution in [0, 0.1) is 5.82 Å². The Bertz CT molecular complexity index is 898. The minimum Gasteiger partial charge on any atom is -0.325 e. The number of amidine groups is 1. The third-order valence-corrected chi connectivity index (χ3v) is 4.83. The first-order valence-corrected chi connectivity index (χ1v) is 9.10. The molecule has 1 aliphatic rings. The van der Waals surface area contributed by atoms with Crippen molar-refractivity contribution in [2.75, 3.05) is 5.32 Å². The van der Waals surface area contributed by atoms with Crippen molar-refractivity contribution >= 4 is 40.1 Å². The highest BCUT2D eigenvalue weighted by atomic mass is 32.2. The van der Waals surface area contributed by atoms with Crippen LogP contribution in [0.1, 0.15) is 18.9 Å². The molecule has 0 unspecified atom stereocenters. The number of carbonyl (C=O) groups excluding carboxylic acids is 2. The number of thioether (sulfide) groups is 1. The lowest BCUT2D eigenvalue weighted by Crippen LogP contribution is -2.41. The van der Waals surface area contributed by atoms with Crippen molar-refractivity contribution < 1.29 is 14.0 Å². The first-order valence-electron chi connectivity index (χ1n) is 8.22. The zero-order valence-corrected chi connectivity index (χ0v) is 15.3. The van der Waals surface area contributed by atoms with E-state index in [-0.39, 0.29) is 29.2 Å². The summed E-state index contributed by atoms with van der Waals surface area (Å²) in [5.74, 6) is -0.899. The molecule has 138 valence electrons. The summed E-state index contributed by atoms with van der Waals surface area (Å²) in [5.41, 5.74) is 1.94. The quantitative estimate of drug-likeness (QED) is 0.627. The Kier molecular flexibility index (Phi) is 5.97. The summed E-state index contributed by atoms with van der Waals surface area (Å²) in [6.45, 7) is 1.73. The number of nitrogens with one attached hydrogen (secondary N) is 2. The van der Waals surface area contributed by atoms with E-state index in [1.807, 2.05) is 18.2 Å². The van der Waals surface area contributed by atoms with Crippen LogP contribution in [0.25, 0.3) is 0 Å². The van der Waals surface area contributed by atoms with Gasteiger partial charge in [-0.05, 0) is 36.8 Å². The Hall–Kier alpha value is -3.00. The van der Waals surface area contributed by atoms with E-state index < -0.39 is 5.25 Å². The molecule has 27 heavy (non-hydrogen) atoms. The zero-order chi connectivity index (χ0) is 19.2. The number of anilines is 1. The molecule has 0 spiro atoms. The number of benzene rings is 2. The minimum absolute atomic E-state index is 0.0585. The van der Waals surface area contributed by atoms with Crippen molar-refractivity contribution in [3.05, 3.63) is 66.0 Å². The van der Waals surface area contributed by atoms with Crippen molar-refractivity contribution in [3.63, 3.8) is 0 Å². The number of carbonyl (C=O) groups is 2. The lowest BCUT2D eigenvalue weighted by molar-refractivity contribution is -0.123. The second-order valence-electron chi connectivity index (χ2n) is 5.81. The fourth-order valence-corrected chi connectivity index (χ4v) is 3.28. The second kappa shape index (κ2) is 8.59. The molecule has 6 nitrogen and oxygen atoms in total. The van der Waals surface area contributed by atoms with E-state index in [9.17, 15) is 14.0 Å². The molecule has 0 radical (unpaired) electrons. The molecule has 2 amide bonds. The van der Waals surface area contributed by atoms with Gasteiger partial charge in [-0.25, -0.2) is 4.39 Å². The molecule has 1 aliphatic heterocycles. The number of hydrogen-bond donors (Lipinski definition) is 2. The number of amides is 2. The average Bonchev–Trinajstić information content (AvgIpc) is 2.67. The van der Waals surface area contributed by atoms with Gasteiger partial charge in [0.25, 0.3) is 0 Å². The third kappa shape index (κ3) is 5.24. The van der Waals surface area contributed by atoms with Crippen LogP contribution >= 0.6 is 11.8 Å². The molecule has 0 saturated carbocycles. The molecule has 0 aromatic heterocycles. The van der Waals surface area contributed by atoms with E-state index in [1.165, 1.54) is 12.1 Å². The predicted molar refractivity (Wildman–Crippen MR) is 105 cm³/mol. The van der Waals surface area contributed by atoms with Crippen LogP contribution in [0.4, 0.5) is 10.1 Å². The van der Waals surface area contributed by atoms with Gasteiger partial charge in [0.2, 0.25) is 11.8 Å². The number of rotatable bonds is 4. The van der Waals surface area contributed by atoms with Gasteiger partial charge in [-0.15, -0.1) is 5.10 Å². The molecule has 1 fully saturated rings. The van der Waals surface area contributed by atoms with E-state index in [0.717, 1.165) is 11.8 Å². The number of nitrogens with zero attached hydrogens (tertiary/aromatic N) is 2. The fourth-order valence-electron chi connectivity index (χ4n) is 2.35. The summed E-state index contributed by atoms with van der Waals surface area (Å²) in [6.07, 6.45) is 0.0585. The van der Waals surface area contributed by atoms with Crippen molar-refractivity contribution in [1.29, 1.82) is 0 Å². The second-order valence-corrected chi connectivity index (χ2v) is 7.00. The summed E-state index contributed by atoms with van der Waals surface area (Å²) in [4.78, 5) is 24.3. The molecule has 2 aromatic rings. The van der Waals surface area contributed by atoms with E-state index in [0.29, 0.717) is 17.0 Å². The SMILES string of the molecule is C/C(=N\N=C1/NC(=O)C[C@H](C(=O)Nc2ccccc2)S1)c1ccc(F)cc1. The Morgan fingerprint density at radius 3 is 2.59 bits per heavy atom. The highest BCUT2D eigenvalue weighted by Crippen LogP contribution is 2.22. The predicted octanol–water partition coefficient (Wildman–Crippen LogP) is 3.17. The highest BCUT2D eigenvalue weighted by molar-refractivity contribution is 8.15. The fraction of sp³-hybridized carbons (Fsp3) is 0.158. The average molecular weight is 384 g/mol. The number of hydrogen-bond acceptors (Lipinski definition) is 5. The van der Waals surface area contributed by atoms with Gasteiger partial charge in [0.05, 0.1) is 5.71 Å². The van der Waals surface area contributed by atoms with E-state index in [1.54, 1.807) is 31.2 Å². The number of para-hydroxylation sites is 1. The van der Waals surface area contributed by atoms with E-state index in [4.69, 9.17) is 0 Å². The Balaban J connectivity index is 1.69. The van der Waals surface area contributed by atoms with E-state index >= 15 is 0 Å². The van der Waals surface area contributed by atoms with Crippen LogP contribution < -0.4 is 10.6 Å². The number of halogens is 1. The first-order chi connectivity index (χ1) is 13.0. The van der Waals surface area contributed by atoms with Crippen molar-refractivity contribution in [1.82, 2.24) is 5.32 Å². The first kappa shape index (κ1) is 18.8. The van der Waals surface area contributed by atoms with Crippen molar-refractivity contribution in [3.8, 4) is 0 Å². The highest BCUT2D eigenvalue weighted by Gasteiger charge is 2.30. The largest absolute Gasteiger partial charge is 0.325 e. The monoisotopic (exact) mass is 384 g/mol. The van der Waals surface area contributed by atoms with Crippen LogP contribution in [0.2, 0.25) is 0 Å². The zero-order valence-electron chi connectivity index (χ0n) is 14.5. The van der Waals surface area contributed by atoms with Gasteiger partial charge >= 0.3 is 0 Å². The molecule has 2 aromatic carbocycles. The van der Waals surface area contributed by atoms with Crippen LogP contribution in [-0.2, 0) is 9.59 Å². The van der Waals surface area contributed by atoms with Crippen LogP contribution in [-0.4, -0.2) is 27.9 Å². The Morgan fingerprint density at radius 2 is 1.89 bits per heavy atom. The summed E-state index contributed by atoms with van der Waals surface area (Å²) < 4.78 is 13.0. The van der Waals surface area contributed by atoms with Gasteiger partial charge in [0.15, 0.2) is 5.17 Å². The van der Waals surface area contributed by atoms with Gasteiger partial charge in [0, 0.05) is 12.1 Å². The lowest BCUT2D eigenvalue weighted by Gasteiger charge is -2.21. The molecule has 3 rings (SSSR count). The van der Waals surface area contributed by atoms with Gasteiger partial charge < -0.3 is 10.6 Å². The Labute approximate surface area is 160 Å². The molecular weight excluding hydrogens is 367 g/mol. The standard InChI is InChI=1S/C19H17FN4O2S/c1-12(13-7-9-14(20)10-8-13)23-24-19-22-17(25)11-16(27-19)18(26)21-15-5-3-2-4-6-15/h2-10,16H,11H2,1H3,(H,21,26)(H,22,24,25)/b23-12+/t16-/m1/s1. The maximum absolute atomic E-state index is 13.0. The normalized spacial score (nSPS) is 18.9. The molecule has 1 heterocycles. The summed E-state index contributed by atoms with van der Waals surface area (Å²) >= 11 is 1.14. The molecule has 0 aliphatic carbocycles. The maximum Gasteiger partial charge on any atom is 0.238 e. The molecule has 0 bridgehead atoms. The Morgan fingerprint density at radius 1 is 1.19 bits per heavy atom. The molecule has 1 atom stereocenters. The van der Waals surface area contributed by atoms with Crippen molar-refractivity contribution in [2.45, 2.75) is 18.6 Å². The molecular formula is C19H17FN4O2S. The molecule has 1 saturated heterocycles. The minimum atomic E-state index is -0.598. The summed E-state index contributed by atoms with van der Waals surface area (Å²) in [6, 6.07) is 14.9. The van der Waals surface area contributed by atoms with Gasteiger partial charge in [-0.3, -0.25) is 9.59 Å². The third-order valence-electron chi connectivity index (χ3n) is 3.76. The topological polar surface area (TPSA) is 82.9 Å². The van der Waals surface area contributed by atoms with Gasteiger partial charge in [-0.1, -0.05) is 42.1 Å². The van der Waals surface area contributed by atoms with Crippen LogP contribution in [0.5, 0.6) is 0 Å². The summed E-state index contributed by atoms with van der Waals surface area (Å²) in [5, 5.41) is 13.2. The maximum atomic E-state index is 13.0.